The zero-order valence-corrected chi connectivity index (χ0v) is 42.4. The van der Waals surface area contributed by atoms with Crippen molar-refractivity contribution >= 4 is 132 Å². The fraction of sp³-hybridized carbons (Fsp3) is 0. The molecular formula is C48H24Cl4Ga4. The van der Waals surface area contributed by atoms with Crippen LogP contribution < -0.4 is 32.9 Å². The van der Waals surface area contributed by atoms with Gasteiger partial charge in [-0.2, -0.15) is 0 Å². The number of rotatable bonds is 0. The van der Waals surface area contributed by atoms with Gasteiger partial charge in [0.15, 0.2) is 0 Å². The molecule has 256 valence electrons. The predicted molar refractivity (Wildman–Crippen MR) is 247 cm³/mol. The van der Waals surface area contributed by atoms with E-state index in [9.17, 15) is 0 Å². The summed E-state index contributed by atoms with van der Waals surface area (Å²) >= 11 is -11.5. The molecule has 8 aromatic rings. The molecule has 0 saturated heterocycles. The average molecular weight is 1020 g/mol. The standard InChI is InChI=1S/4C12H6.4ClH.4Ga/c4*1-2-6-10-9(5-1)11-7-3-4-8-12(10)11;;;;;;;;/h4*1-5,7H;4*1H;;;;/q;;;;;;;;4*+1/p-4. The van der Waals surface area contributed by atoms with Crippen molar-refractivity contribution in [3.8, 4) is 89.0 Å². The molecule has 8 heteroatoms. The van der Waals surface area contributed by atoms with Gasteiger partial charge in [-0.3, -0.25) is 0 Å². The summed E-state index contributed by atoms with van der Waals surface area (Å²) in [6.07, 6.45) is 0. The molecule has 13 rings (SSSR count). The molecule has 1 aliphatic heterocycles. The van der Waals surface area contributed by atoms with Crippen LogP contribution in [0.4, 0.5) is 0 Å². The Morgan fingerprint density at radius 2 is 0.321 bits per heavy atom. The SMILES string of the molecule is [Cl][Ga]1[c]2cccc3c2-c2c-3ccc[c]2[Ga]([Cl])[c]2cccc3c2-c2c-3ccc[c]2[Ga]([Cl])[c]2cccc3c2-c2c-3ccc[c]2[Ga]([Cl])[c]2cccc3c2-c2c-3ccc[c]21. The van der Waals surface area contributed by atoms with Gasteiger partial charge < -0.3 is 0 Å². The molecule has 0 atom stereocenters. The molecule has 0 radical (unpaired) electrons. The monoisotopic (exact) mass is 1020 g/mol. The third kappa shape index (κ3) is 4.36. The van der Waals surface area contributed by atoms with Gasteiger partial charge in [0, 0.05) is 0 Å². The molecule has 4 aliphatic carbocycles. The topological polar surface area (TPSA) is 0 Å². The van der Waals surface area contributed by atoms with E-state index in [2.05, 4.69) is 146 Å². The molecule has 56 heavy (non-hydrogen) atoms. The van der Waals surface area contributed by atoms with Gasteiger partial charge in [0.25, 0.3) is 0 Å². The molecule has 5 aliphatic rings. The Morgan fingerprint density at radius 3 is 0.446 bits per heavy atom. The summed E-state index contributed by atoms with van der Waals surface area (Å²) in [6.45, 7) is 0. The van der Waals surface area contributed by atoms with Crippen molar-refractivity contribution in [1.82, 2.24) is 0 Å². The van der Waals surface area contributed by atoms with Crippen molar-refractivity contribution in [2.24, 2.45) is 0 Å². The van der Waals surface area contributed by atoms with Crippen LogP contribution in [0.25, 0.3) is 89.0 Å². The molecule has 0 spiro atoms. The molecular weight excluding hydrogens is 997 g/mol. The van der Waals surface area contributed by atoms with E-state index < -0.39 is 60.9 Å². The van der Waals surface area contributed by atoms with E-state index in [1.54, 1.807) is 0 Å². The second-order valence-corrected chi connectivity index (χ2v) is 41.2. The van der Waals surface area contributed by atoms with Crippen LogP contribution in [0.5, 0.6) is 0 Å². The van der Waals surface area contributed by atoms with Crippen molar-refractivity contribution < 1.29 is 0 Å². The predicted octanol–water partition coefficient (Wildman–Crippen LogP) is 7.97. The normalized spacial score (nSPS) is 13.9. The fourth-order valence-corrected chi connectivity index (χ4v) is 35.1. The third-order valence-corrected chi connectivity index (χ3v) is 40.1. The molecule has 0 fully saturated rings. The maximum atomic E-state index is 7.99. The number of fused-ring (bicyclic) bond motifs is 4. The van der Waals surface area contributed by atoms with E-state index >= 15 is 0 Å². The Kier molecular flexibility index (Phi) is 7.66. The molecule has 1 heterocycles. The first-order chi connectivity index (χ1) is 27.5. The van der Waals surface area contributed by atoms with E-state index in [1.165, 1.54) is 122 Å². The Hall–Kier alpha value is -2.53. The van der Waals surface area contributed by atoms with Crippen LogP contribution in [0.2, 0.25) is 0 Å². The molecule has 0 amide bonds. The third-order valence-electron chi connectivity index (χ3n) is 13.1. The number of benzene rings is 8. The van der Waals surface area contributed by atoms with Crippen molar-refractivity contribution in [2.45, 2.75) is 0 Å². The summed E-state index contributed by atoms with van der Waals surface area (Å²) in [5.74, 6) is 0. The van der Waals surface area contributed by atoms with Crippen molar-refractivity contribution in [3.63, 3.8) is 0 Å². The maximum absolute atomic E-state index is 7.99. The van der Waals surface area contributed by atoms with Crippen LogP contribution >= 0.6 is 38.6 Å². The van der Waals surface area contributed by atoms with E-state index in [4.69, 9.17) is 38.6 Å². The Bertz CT molecular complexity index is 2510. The zero-order chi connectivity index (χ0) is 37.1. The van der Waals surface area contributed by atoms with E-state index in [0.29, 0.717) is 0 Å². The second-order valence-electron chi connectivity index (χ2n) is 15.6. The minimum absolute atomic E-state index is 1.31. The van der Waals surface area contributed by atoms with Gasteiger partial charge in [0.05, 0.1) is 0 Å². The van der Waals surface area contributed by atoms with Crippen LogP contribution in [0.15, 0.2) is 146 Å². The van der Waals surface area contributed by atoms with Crippen molar-refractivity contribution in [3.05, 3.63) is 146 Å². The Balaban J connectivity index is 1.09. The minimum atomic E-state index is -2.86. The molecule has 0 N–H and O–H groups in total. The summed E-state index contributed by atoms with van der Waals surface area (Å²) in [4.78, 5) is 0. The van der Waals surface area contributed by atoms with Crippen LogP contribution in [0, 0.1) is 0 Å². The van der Waals surface area contributed by atoms with E-state index in [-0.39, 0.29) is 0 Å². The first-order valence-electron chi connectivity index (χ1n) is 19.1. The summed E-state index contributed by atoms with van der Waals surface area (Å²) in [7, 11) is 32.0. The fourth-order valence-electron chi connectivity index (χ4n) is 10.7. The first kappa shape index (κ1) is 34.3. The Morgan fingerprint density at radius 1 is 0.196 bits per heavy atom. The van der Waals surface area contributed by atoms with Crippen LogP contribution in [0.1, 0.15) is 0 Å². The van der Waals surface area contributed by atoms with Gasteiger partial charge in [0.2, 0.25) is 0 Å². The van der Waals surface area contributed by atoms with Gasteiger partial charge in [-0.1, -0.05) is 0 Å². The van der Waals surface area contributed by atoms with E-state index in [1.807, 2.05) is 0 Å². The molecule has 0 saturated carbocycles. The summed E-state index contributed by atoms with van der Waals surface area (Å²) < 4.78 is 10.7. The first-order valence-corrected chi connectivity index (χ1v) is 41.6. The molecule has 0 unspecified atom stereocenters. The van der Waals surface area contributed by atoms with E-state index in [0.717, 1.165) is 0 Å². The molecule has 8 aromatic carbocycles. The molecule has 0 nitrogen and oxygen atoms in total. The number of hydrogen-bond donors (Lipinski definition) is 0. The zero-order valence-electron chi connectivity index (χ0n) is 29.7. The second kappa shape index (κ2) is 12.5. The number of hydrogen-bond acceptors (Lipinski definition) is 0. The van der Waals surface area contributed by atoms with Crippen LogP contribution in [-0.4, -0.2) is 60.9 Å². The van der Waals surface area contributed by atoms with Gasteiger partial charge in [-0.05, 0) is 0 Å². The van der Waals surface area contributed by atoms with Gasteiger partial charge in [0.1, 0.15) is 0 Å². The quantitative estimate of drug-likeness (QED) is 0.136. The average Bonchev–Trinajstić information content (AvgIpc) is 3.22. The molecule has 0 bridgehead atoms. The van der Waals surface area contributed by atoms with Gasteiger partial charge in [-0.15, -0.1) is 0 Å². The van der Waals surface area contributed by atoms with Gasteiger partial charge >= 0.3 is 367 Å². The van der Waals surface area contributed by atoms with Crippen LogP contribution in [0.3, 0.4) is 0 Å². The van der Waals surface area contributed by atoms with Crippen molar-refractivity contribution in [1.29, 1.82) is 0 Å². The van der Waals surface area contributed by atoms with Crippen molar-refractivity contribution in [2.75, 3.05) is 0 Å². The summed E-state index contributed by atoms with van der Waals surface area (Å²) in [6, 6.07) is 54.4. The Labute approximate surface area is 362 Å². The van der Waals surface area contributed by atoms with Gasteiger partial charge in [-0.25, -0.2) is 0 Å². The summed E-state index contributed by atoms with van der Waals surface area (Å²) in [5, 5.41) is 0. The summed E-state index contributed by atoms with van der Waals surface area (Å²) in [5.41, 5.74) is 21.2. The van der Waals surface area contributed by atoms with Crippen LogP contribution in [-0.2, 0) is 0 Å². The number of halogens is 4. The molecule has 0 aromatic heterocycles.